The first-order valence-electron chi connectivity index (χ1n) is 8.29. The molecule has 2 saturated heterocycles. The Morgan fingerprint density at radius 2 is 2.05 bits per heavy atom. The van der Waals surface area contributed by atoms with E-state index in [0.717, 1.165) is 56.8 Å². The minimum absolute atomic E-state index is 0.217. The van der Waals surface area contributed by atoms with Crippen molar-refractivity contribution in [3.8, 4) is 0 Å². The Morgan fingerprint density at radius 3 is 2.82 bits per heavy atom. The van der Waals surface area contributed by atoms with Crippen LogP contribution in [-0.4, -0.2) is 58.9 Å². The van der Waals surface area contributed by atoms with Crippen LogP contribution in [0, 0.1) is 0 Å². The van der Waals surface area contributed by atoms with Crippen molar-refractivity contribution >= 4 is 11.7 Å². The fraction of sp³-hybridized carbons (Fsp3) is 0.688. The number of amides is 1. The fourth-order valence-electron chi connectivity index (χ4n) is 3.43. The molecule has 1 N–H and O–H groups in total. The monoisotopic (exact) mass is 303 g/mol. The van der Waals surface area contributed by atoms with Gasteiger partial charge in [0.15, 0.2) is 0 Å². The average Bonchev–Trinajstić information content (AvgIpc) is 3.04. The summed E-state index contributed by atoms with van der Waals surface area (Å²) in [6.07, 6.45) is 9.26. The van der Waals surface area contributed by atoms with Crippen molar-refractivity contribution in [3.05, 3.63) is 18.1 Å². The SMILES string of the molecule is CNc1cncc(C2CCCN2CC(=O)N2CCCCC2)n1. The molecule has 1 aromatic heterocycles. The molecule has 2 fully saturated rings. The Hall–Kier alpha value is -1.69. The van der Waals surface area contributed by atoms with Crippen molar-refractivity contribution in [1.29, 1.82) is 0 Å². The van der Waals surface area contributed by atoms with Crippen molar-refractivity contribution in [2.45, 2.75) is 38.1 Å². The predicted octanol–water partition coefficient (Wildman–Crippen LogP) is 1.67. The first-order chi connectivity index (χ1) is 10.8. The lowest BCUT2D eigenvalue weighted by Crippen LogP contribution is -2.42. The standard InChI is InChI=1S/C16H25N5O/c1-17-15-11-18-10-13(19-15)14-6-5-9-21(14)12-16(22)20-7-3-2-4-8-20/h10-11,14H,2-9,12H2,1H3,(H,17,19). The van der Waals surface area contributed by atoms with Gasteiger partial charge in [-0.2, -0.15) is 0 Å². The summed E-state index contributed by atoms with van der Waals surface area (Å²) in [7, 11) is 1.85. The van der Waals surface area contributed by atoms with Crippen LogP contribution in [0.4, 0.5) is 5.82 Å². The third-order valence-corrected chi connectivity index (χ3v) is 4.66. The molecule has 2 aliphatic heterocycles. The third-order valence-electron chi connectivity index (χ3n) is 4.66. The van der Waals surface area contributed by atoms with Gasteiger partial charge in [0.2, 0.25) is 5.91 Å². The second kappa shape index (κ2) is 7.05. The highest BCUT2D eigenvalue weighted by Gasteiger charge is 2.30. The van der Waals surface area contributed by atoms with E-state index in [1.807, 2.05) is 18.1 Å². The summed E-state index contributed by atoms with van der Waals surface area (Å²) in [4.78, 5) is 25.6. The fourth-order valence-corrected chi connectivity index (χ4v) is 3.43. The molecule has 0 aromatic carbocycles. The van der Waals surface area contributed by atoms with Gasteiger partial charge in [-0.1, -0.05) is 0 Å². The van der Waals surface area contributed by atoms with E-state index in [1.54, 1.807) is 6.20 Å². The molecular weight excluding hydrogens is 278 g/mol. The summed E-state index contributed by atoms with van der Waals surface area (Å²) >= 11 is 0. The van der Waals surface area contributed by atoms with Gasteiger partial charge in [-0.05, 0) is 38.6 Å². The molecule has 3 rings (SSSR count). The first-order valence-corrected chi connectivity index (χ1v) is 8.29. The quantitative estimate of drug-likeness (QED) is 0.917. The molecule has 2 aliphatic rings. The van der Waals surface area contributed by atoms with E-state index in [0.29, 0.717) is 6.54 Å². The van der Waals surface area contributed by atoms with Crippen LogP contribution in [0.2, 0.25) is 0 Å². The molecule has 1 atom stereocenters. The van der Waals surface area contributed by atoms with Gasteiger partial charge >= 0.3 is 0 Å². The zero-order valence-electron chi connectivity index (χ0n) is 13.3. The van der Waals surface area contributed by atoms with Crippen molar-refractivity contribution in [2.75, 3.05) is 38.5 Å². The van der Waals surface area contributed by atoms with Gasteiger partial charge in [0, 0.05) is 20.1 Å². The maximum atomic E-state index is 12.5. The molecule has 0 aliphatic carbocycles. The zero-order chi connectivity index (χ0) is 15.4. The molecule has 3 heterocycles. The number of likely N-dealkylation sites (tertiary alicyclic amines) is 2. The smallest absolute Gasteiger partial charge is 0.236 e. The Balaban J connectivity index is 1.66. The number of anilines is 1. The van der Waals surface area contributed by atoms with E-state index in [4.69, 9.17) is 0 Å². The van der Waals surface area contributed by atoms with Crippen molar-refractivity contribution in [2.24, 2.45) is 0 Å². The zero-order valence-corrected chi connectivity index (χ0v) is 13.3. The maximum Gasteiger partial charge on any atom is 0.236 e. The van der Waals surface area contributed by atoms with E-state index in [1.165, 1.54) is 6.42 Å². The van der Waals surface area contributed by atoms with Gasteiger partial charge in [0.05, 0.1) is 30.7 Å². The van der Waals surface area contributed by atoms with Crippen LogP contribution >= 0.6 is 0 Å². The van der Waals surface area contributed by atoms with Crippen LogP contribution < -0.4 is 5.32 Å². The molecule has 6 heteroatoms. The lowest BCUT2D eigenvalue weighted by Gasteiger charge is -2.30. The van der Waals surface area contributed by atoms with Gasteiger partial charge in [0.25, 0.3) is 0 Å². The van der Waals surface area contributed by atoms with Crippen LogP contribution in [0.1, 0.15) is 43.8 Å². The molecule has 0 spiro atoms. The first kappa shape index (κ1) is 15.2. The second-order valence-corrected chi connectivity index (χ2v) is 6.15. The Labute approximate surface area is 131 Å². The largest absolute Gasteiger partial charge is 0.372 e. The predicted molar refractivity (Wildman–Crippen MR) is 85.6 cm³/mol. The summed E-state index contributed by atoms with van der Waals surface area (Å²) in [6.45, 7) is 3.32. The molecule has 1 aromatic rings. The Kier molecular flexibility index (Phi) is 4.87. The van der Waals surface area contributed by atoms with Crippen LogP contribution in [0.15, 0.2) is 12.4 Å². The number of nitrogens with zero attached hydrogens (tertiary/aromatic N) is 4. The Morgan fingerprint density at radius 1 is 1.23 bits per heavy atom. The van der Waals surface area contributed by atoms with Gasteiger partial charge in [-0.25, -0.2) is 4.98 Å². The highest BCUT2D eigenvalue weighted by Crippen LogP contribution is 2.30. The average molecular weight is 303 g/mol. The number of hydrogen-bond acceptors (Lipinski definition) is 5. The topological polar surface area (TPSA) is 61.4 Å². The Bertz CT molecular complexity index is 515. The van der Waals surface area contributed by atoms with Gasteiger partial charge < -0.3 is 10.2 Å². The van der Waals surface area contributed by atoms with Gasteiger partial charge in [0.1, 0.15) is 5.82 Å². The normalized spacial score (nSPS) is 22.8. The van der Waals surface area contributed by atoms with Crippen LogP contribution in [-0.2, 0) is 4.79 Å². The van der Waals surface area contributed by atoms with E-state index in [2.05, 4.69) is 20.2 Å². The number of piperidine rings is 1. The number of rotatable bonds is 4. The molecule has 0 bridgehead atoms. The molecular formula is C16H25N5O. The molecule has 120 valence electrons. The lowest BCUT2D eigenvalue weighted by atomic mass is 10.1. The van der Waals surface area contributed by atoms with Crippen LogP contribution in [0.25, 0.3) is 0 Å². The number of carbonyl (C=O) groups is 1. The van der Waals surface area contributed by atoms with Crippen molar-refractivity contribution < 1.29 is 4.79 Å². The van der Waals surface area contributed by atoms with Crippen LogP contribution in [0.5, 0.6) is 0 Å². The number of hydrogen-bond donors (Lipinski definition) is 1. The maximum absolute atomic E-state index is 12.5. The minimum Gasteiger partial charge on any atom is -0.372 e. The van der Waals surface area contributed by atoms with Gasteiger partial charge in [-0.15, -0.1) is 0 Å². The van der Waals surface area contributed by atoms with Crippen molar-refractivity contribution in [3.63, 3.8) is 0 Å². The van der Waals surface area contributed by atoms with E-state index >= 15 is 0 Å². The van der Waals surface area contributed by atoms with Gasteiger partial charge in [-0.3, -0.25) is 14.7 Å². The molecule has 6 nitrogen and oxygen atoms in total. The van der Waals surface area contributed by atoms with E-state index in [-0.39, 0.29) is 11.9 Å². The second-order valence-electron chi connectivity index (χ2n) is 6.15. The highest BCUT2D eigenvalue weighted by molar-refractivity contribution is 5.78. The summed E-state index contributed by atoms with van der Waals surface area (Å²) in [6, 6.07) is 0.217. The summed E-state index contributed by atoms with van der Waals surface area (Å²) in [5.41, 5.74) is 0.968. The van der Waals surface area contributed by atoms with Crippen LogP contribution in [0.3, 0.4) is 0 Å². The van der Waals surface area contributed by atoms with E-state index < -0.39 is 0 Å². The van der Waals surface area contributed by atoms with E-state index in [9.17, 15) is 4.79 Å². The number of aromatic nitrogens is 2. The molecule has 1 amide bonds. The molecule has 0 saturated carbocycles. The summed E-state index contributed by atoms with van der Waals surface area (Å²) in [5.74, 6) is 1.05. The molecule has 1 unspecified atom stereocenters. The highest BCUT2D eigenvalue weighted by atomic mass is 16.2. The summed E-state index contributed by atoms with van der Waals surface area (Å²) in [5, 5.41) is 3.03. The number of carbonyl (C=O) groups excluding carboxylic acids is 1. The van der Waals surface area contributed by atoms with Crippen molar-refractivity contribution in [1.82, 2.24) is 19.8 Å². The molecule has 0 radical (unpaired) electrons. The molecule has 22 heavy (non-hydrogen) atoms. The minimum atomic E-state index is 0.217. The lowest BCUT2D eigenvalue weighted by molar-refractivity contribution is -0.133. The number of nitrogens with one attached hydrogen (secondary N) is 1. The summed E-state index contributed by atoms with van der Waals surface area (Å²) < 4.78 is 0. The third kappa shape index (κ3) is 3.38.